The highest BCUT2D eigenvalue weighted by Crippen LogP contribution is 2.08. The molecule has 0 amide bonds. The minimum atomic E-state index is 0.225. The summed E-state index contributed by atoms with van der Waals surface area (Å²) in [6, 6.07) is 10.2. The van der Waals surface area contributed by atoms with Gasteiger partial charge in [-0.05, 0) is 18.4 Å². The molecule has 2 nitrogen and oxygen atoms in total. The van der Waals surface area contributed by atoms with Gasteiger partial charge in [0.15, 0.2) is 0 Å². The van der Waals surface area contributed by atoms with E-state index in [1.165, 1.54) is 5.56 Å². The maximum atomic E-state index is 11.7. The summed E-state index contributed by atoms with van der Waals surface area (Å²) < 4.78 is 0. The molecule has 2 heteroatoms. The lowest BCUT2D eigenvalue weighted by Crippen LogP contribution is -2.27. The molecule has 0 bridgehead atoms. The van der Waals surface area contributed by atoms with Crippen molar-refractivity contribution in [3.63, 3.8) is 0 Å². The van der Waals surface area contributed by atoms with E-state index in [1.54, 1.807) is 0 Å². The second-order valence-electron chi connectivity index (χ2n) is 4.07. The maximum Gasteiger partial charge on any atom is 0.149 e. The molecule has 0 saturated carbocycles. The number of hydrogen-bond donors (Lipinski definition) is 1. The van der Waals surface area contributed by atoms with Crippen LogP contribution in [0.25, 0.3) is 0 Å². The molecule has 0 spiro atoms. The van der Waals surface area contributed by atoms with Crippen LogP contribution in [0, 0.1) is 5.92 Å². The average Bonchev–Trinajstić information content (AvgIpc) is 2.32. The molecule has 1 N–H and O–H groups in total. The van der Waals surface area contributed by atoms with Gasteiger partial charge in [0, 0.05) is 12.5 Å². The molecule has 0 fully saturated rings. The van der Waals surface area contributed by atoms with Gasteiger partial charge in [0.25, 0.3) is 0 Å². The molecule has 88 valence electrons. The van der Waals surface area contributed by atoms with E-state index in [9.17, 15) is 4.79 Å². The Morgan fingerprint density at radius 1 is 1.19 bits per heavy atom. The summed E-state index contributed by atoms with van der Waals surface area (Å²) in [7, 11) is 0. The van der Waals surface area contributed by atoms with Gasteiger partial charge in [-0.15, -0.1) is 0 Å². The van der Waals surface area contributed by atoms with E-state index in [1.807, 2.05) is 18.2 Å². The van der Waals surface area contributed by atoms with E-state index >= 15 is 0 Å². The zero-order valence-corrected chi connectivity index (χ0v) is 10.2. The Morgan fingerprint density at radius 3 is 2.38 bits per heavy atom. The fourth-order valence-corrected chi connectivity index (χ4v) is 1.81. The first-order chi connectivity index (χ1) is 7.77. The van der Waals surface area contributed by atoms with Crippen LogP contribution in [0.5, 0.6) is 0 Å². The van der Waals surface area contributed by atoms with Crippen molar-refractivity contribution in [3.05, 3.63) is 35.9 Å². The minimum Gasteiger partial charge on any atom is -0.306 e. The number of nitrogens with one attached hydrogen (secondary N) is 1. The molecule has 1 rings (SSSR count). The van der Waals surface area contributed by atoms with Gasteiger partial charge in [-0.1, -0.05) is 44.2 Å². The van der Waals surface area contributed by atoms with Gasteiger partial charge in [-0.2, -0.15) is 0 Å². The Hall–Kier alpha value is -1.15. The van der Waals surface area contributed by atoms with Crippen LogP contribution in [0.2, 0.25) is 0 Å². The lowest BCUT2D eigenvalue weighted by Gasteiger charge is -2.11. The van der Waals surface area contributed by atoms with Crippen LogP contribution in [0.3, 0.4) is 0 Å². The predicted molar refractivity (Wildman–Crippen MR) is 67.2 cm³/mol. The Bertz CT molecular complexity index is 304. The summed E-state index contributed by atoms with van der Waals surface area (Å²) in [6.07, 6.45) is 1.89. The lowest BCUT2D eigenvalue weighted by atomic mass is 9.98. The molecule has 16 heavy (non-hydrogen) atoms. The van der Waals surface area contributed by atoms with Gasteiger partial charge >= 0.3 is 0 Å². The van der Waals surface area contributed by atoms with Crippen LogP contribution in [-0.2, 0) is 11.3 Å². The van der Waals surface area contributed by atoms with Crippen molar-refractivity contribution in [2.24, 2.45) is 5.92 Å². The van der Waals surface area contributed by atoms with E-state index < -0.39 is 0 Å². The Labute approximate surface area is 98.1 Å². The van der Waals surface area contributed by atoms with Gasteiger partial charge in [0.1, 0.15) is 5.78 Å². The normalized spacial score (nSPS) is 10.7. The van der Waals surface area contributed by atoms with Crippen molar-refractivity contribution in [1.29, 1.82) is 0 Å². The highest BCUT2D eigenvalue weighted by atomic mass is 16.1. The van der Waals surface area contributed by atoms with E-state index in [4.69, 9.17) is 0 Å². The van der Waals surface area contributed by atoms with Gasteiger partial charge in [-0.3, -0.25) is 4.79 Å². The summed E-state index contributed by atoms with van der Waals surface area (Å²) in [6.45, 7) is 5.40. The number of carbonyl (C=O) groups excluding carboxylic acids is 1. The minimum absolute atomic E-state index is 0.225. The van der Waals surface area contributed by atoms with Crippen molar-refractivity contribution < 1.29 is 4.79 Å². The lowest BCUT2D eigenvalue weighted by molar-refractivity contribution is -0.122. The fraction of sp³-hybridized carbons (Fsp3) is 0.500. The quantitative estimate of drug-likeness (QED) is 0.764. The van der Waals surface area contributed by atoms with Crippen LogP contribution in [0.1, 0.15) is 32.3 Å². The number of benzene rings is 1. The molecule has 0 radical (unpaired) electrons. The predicted octanol–water partition coefficient (Wildman–Crippen LogP) is 2.78. The molecule has 1 aromatic carbocycles. The second kappa shape index (κ2) is 7.18. The smallest absolute Gasteiger partial charge is 0.149 e. The van der Waals surface area contributed by atoms with E-state index in [0.717, 1.165) is 19.4 Å². The van der Waals surface area contributed by atoms with Gasteiger partial charge in [0.2, 0.25) is 0 Å². The van der Waals surface area contributed by atoms with Crippen molar-refractivity contribution in [2.45, 2.75) is 33.2 Å². The third kappa shape index (κ3) is 4.15. The van der Waals surface area contributed by atoms with Crippen LogP contribution >= 0.6 is 0 Å². The molecule has 0 heterocycles. The van der Waals surface area contributed by atoms with E-state index in [2.05, 4.69) is 31.3 Å². The summed E-state index contributed by atoms with van der Waals surface area (Å²) in [5.74, 6) is 0.559. The molecule has 0 saturated heterocycles. The van der Waals surface area contributed by atoms with E-state index in [-0.39, 0.29) is 5.92 Å². The average molecular weight is 219 g/mol. The summed E-state index contributed by atoms with van der Waals surface area (Å²) in [5, 5.41) is 3.20. The molecule has 0 aliphatic carbocycles. The zero-order valence-electron chi connectivity index (χ0n) is 10.2. The molecular formula is C14H21NO. The number of hydrogen-bond acceptors (Lipinski definition) is 2. The topological polar surface area (TPSA) is 29.1 Å². The molecular weight excluding hydrogens is 198 g/mol. The molecule has 1 aromatic rings. The molecule has 0 aliphatic rings. The first kappa shape index (κ1) is 12.9. The van der Waals surface area contributed by atoms with Gasteiger partial charge in [0.05, 0.1) is 6.54 Å². The van der Waals surface area contributed by atoms with Gasteiger partial charge in [-0.25, -0.2) is 0 Å². The van der Waals surface area contributed by atoms with Crippen molar-refractivity contribution in [2.75, 3.05) is 6.54 Å². The number of Topliss-reactive ketones (excluding diaryl/α,β-unsaturated/α-hetero) is 1. The number of ketones is 1. The maximum absolute atomic E-state index is 11.7. The first-order valence-corrected chi connectivity index (χ1v) is 6.05. The summed E-state index contributed by atoms with van der Waals surface area (Å²) in [5.41, 5.74) is 1.22. The summed E-state index contributed by atoms with van der Waals surface area (Å²) in [4.78, 5) is 11.7. The fourth-order valence-electron chi connectivity index (χ4n) is 1.81. The SMILES string of the molecule is CCC(CC)C(=O)CNCc1ccccc1. The first-order valence-electron chi connectivity index (χ1n) is 6.05. The van der Waals surface area contributed by atoms with Crippen molar-refractivity contribution in [3.8, 4) is 0 Å². The molecule has 0 aliphatic heterocycles. The van der Waals surface area contributed by atoms with Gasteiger partial charge < -0.3 is 5.32 Å². The largest absolute Gasteiger partial charge is 0.306 e. The zero-order chi connectivity index (χ0) is 11.8. The van der Waals surface area contributed by atoms with Crippen LogP contribution < -0.4 is 5.32 Å². The van der Waals surface area contributed by atoms with Crippen LogP contribution in [-0.4, -0.2) is 12.3 Å². The van der Waals surface area contributed by atoms with Crippen molar-refractivity contribution in [1.82, 2.24) is 5.32 Å². The second-order valence-corrected chi connectivity index (χ2v) is 4.07. The summed E-state index contributed by atoms with van der Waals surface area (Å²) >= 11 is 0. The molecule has 0 unspecified atom stereocenters. The standard InChI is InChI=1S/C14H21NO/c1-3-13(4-2)14(16)11-15-10-12-8-6-5-7-9-12/h5-9,13,15H,3-4,10-11H2,1-2H3. The van der Waals surface area contributed by atoms with Crippen molar-refractivity contribution >= 4 is 5.78 Å². The number of rotatable bonds is 7. The number of carbonyl (C=O) groups is 1. The Morgan fingerprint density at radius 2 is 1.81 bits per heavy atom. The Balaban J connectivity index is 2.28. The third-order valence-corrected chi connectivity index (χ3v) is 2.91. The van der Waals surface area contributed by atoms with Crippen LogP contribution in [0.4, 0.5) is 0 Å². The highest BCUT2D eigenvalue weighted by Gasteiger charge is 2.12. The molecule has 0 atom stereocenters. The van der Waals surface area contributed by atoms with Crippen LogP contribution in [0.15, 0.2) is 30.3 Å². The monoisotopic (exact) mass is 219 g/mol. The highest BCUT2D eigenvalue weighted by molar-refractivity contribution is 5.82. The Kier molecular flexibility index (Phi) is 5.79. The third-order valence-electron chi connectivity index (χ3n) is 2.91. The van der Waals surface area contributed by atoms with E-state index in [0.29, 0.717) is 12.3 Å². The molecule has 0 aromatic heterocycles.